The van der Waals surface area contributed by atoms with Crippen LogP contribution in [0, 0.1) is 6.92 Å². The Morgan fingerprint density at radius 2 is 1.62 bits per heavy atom. The predicted molar refractivity (Wildman–Crippen MR) is 160 cm³/mol. The summed E-state index contributed by atoms with van der Waals surface area (Å²) in [5, 5.41) is 2.99. The van der Waals surface area contributed by atoms with Gasteiger partial charge in [-0.2, -0.15) is 0 Å². The molecule has 7 nitrogen and oxygen atoms in total. The lowest BCUT2D eigenvalue weighted by molar-refractivity contribution is -0.140. The average molecular weight is 615 g/mol. The number of unbranched alkanes of at least 4 members (excludes halogenated alkanes) is 1. The van der Waals surface area contributed by atoms with Gasteiger partial charge in [-0.3, -0.25) is 13.9 Å². The first-order chi connectivity index (χ1) is 18.6. The summed E-state index contributed by atoms with van der Waals surface area (Å²) in [7, 11) is -3.82. The fourth-order valence-corrected chi connectivity index (χ4v) is 5.79. The van der Waals surface area contributed by atoms with E-state index in [-0.39, 0.29) is 12.5 Å². The van der Waals surface area contributed by atoms with E-state index in [0.29, 0.717) is 23.1 Å². The number of anilines is 1. The largest absolute Gasteiger partial charge is 0.354 e. The Balaban J connectivity index is 2.04. The van der Waals surface area contributed by atoms with Gasteiger partial charge in [0.25, 0.3) is 0 Å². The molecule has 3 aromatic carbocycles. The van der Waals surface area contributed by atoms with Gasteiger partial charge in [-0.25, -0.2) is 8.42 Å². The van der Waals surface area contributed by atoms with Gasteiger partial charge >= 0.3 is 0 Å². The quantitative estimate of drug-likeness (QED) is 0.272. The Hall–Kier alpha value is -3.17. The molecule has 0 fully saturated rings. The number of benzene rings is 3. The number of nitrogens with one attached hydrogen (secondary N) is 1. The maximum absolute atomic E-state index is 14.1. The van der Waals surface area contributed by atoms with Crippen molar-refractivity contribution in [3.8, 4) is 0 Å². The van der Waals surface area contributed by atoms with Gasteiger partial charge in [0.05, 0.1) is 11.9 Å². The van der Waals surface area contributed by atoms with Crippen LogP contribution < -0.4 is 9.62 Å². The van der Waals surface area contributed by atoms with Crippen LogP contribution in [0.5, 0.6) is 0 Å². The molecule has 0 aromatic heterocycles. The minimum absolute atomic E-state index is 0.159. The number of carbonyl (C=O) groups is 2. The van der Waals surface area contributed by atoms with Crippen LogP contribution in [0.4, 0.5) is 5.69 Å². The van der Waals surface area contributed by atoms with E-state index in [1.807, 2.05) is 68.4 Å². The zero-order chi connectivity index (χ0) is 28.4. The highest BCUT2D eigenvalue weighted by Gasteiger charge is 2.33. The molecule has 0 aliphatic rings. The minimum atomic E-state index is -3.82. The molecule has 0 unspecified atom stereocenters. The molecule has 3 aromatic rings. The lowest BCUT2D eigenvalue weighted by Crippen LogP contribution is -2.53. The zero-order valence-electron chi connectivity index (χ0n) is 22.6. The number of hydrogen-bond donors (Lipinski definition) is 1. The van der Waals surface area contributed by atoms with Crippen molar-refractivity contribution < 1.29 is 18.0 Å². The third kappa shape index (κ3) is 8.93. The Kier molecular flexibility index (Phi) is 11.1. The Labute approximate surface area is 240 Å². The van der Waals surface area contributed by atoms with E-state index < -0.39 is 28.5 Å². The second-order valence-corrected chi connectivity index (χ2v) is 12.3. The lowest BCUT2D eigenvalue weighted by atomic mass is 10.0. The molecule has 0 aliphatic heterocycles. The Bertz CT molecular complexity index is 1370. The molecule has 0 saturated heterocycles. The van der Waals surface area contributed by atoms with Crippen molar-refractivity contribution in [2.75, 3.05) is 23.7 Å². The fraction of sp³-hybridized carbons (Fsp3) is 0.333. The number of hydrogen-bond acceptors (Lipinski definition) is 4. The van der Waals surface area contributed by atoms with Gasteiger partial charge in [0, 0.05) is 24.0 Å². The summed E-state index contributed by atoms with van der Waals surface area (Å²) in [6, 6.07) is 23.3. The first-order valence-electron chi connectivity index (χ1n) is 13.0. The maximum Gasteiger partial charge on any atom is 0.244 e. The van der Waals surface area contributed by atoms with Crippen molar-refractivity contribution in [2.45, 2.75) is 45.7 Å². The molecule has 3 rings (SSSR count). The normalized spacial score (nSPS) is 12.0. The minimum Gasteiger partial charge on any atom is -0.354 e. The fourth-order valence-electron chi connectivity index (χ4n) is 4.32. The molecule has 1 atom stereocenters. The van der Waals surface area contributed by atoms with E-state index in [9.17, 15) is 18.0 Å². The van der Waals surface area contributed by atoms with E-state index in [1.54, 1.807) is 24.3 Å². The van der Waals surface area contributed by atoms with Crippen molar-refractivity contribution >= 4 is 43.5 Å². The second kappa shape index (κ2) is 14.3. The first-order valence-corrected chi connectivity index (χ1v) is 15.6. The van der Waals surface area contributed by atoms with Crippen LogP contribution in [0.3, 0.4) is 0 Å². The van der Waals surface area contributed by atoms with Crippen LogP contribution in [0.15, 0.2) is 83.3 Å². The monoisotopic (exact) mass is 613 g/mol. The number of nitrogens with zero attached hydrogens (tertiary/aromatic N) is 2. The van der Waals surface area contributed by atoms with Crippen LogP contribution in [0.1, 0.15) is 36.5 Å². The van der Waals surface area contributed by atoms with Crippen molar-refractivity contribution in [2.24, 2.45) is 0 Å². The summed E-state index contributed by atoms with van der Waals surface area (Å²) in [4.78, 5) is 29.2. The van der Waals surface area contributed by atoms with Crippen molar-refractivity contribution in [3.05, 3.63) is 100 Å². The van der Waals surface area contributed by atoms with Crippen molar-refractivity contribution in [1.82, 2.24) is 10.2 Å². The number of aryl methyl sites for hydroxylation is 1. The number of carbonyl (C=O) groups excluding carboxylic acids is 2. The molecule has 2 amide bonds. The maximum atomic E-state index is 14.1. The number of para-hydroxylation sites is 1. The predicted octanol–water partition coefficient (Wildman–Crippen LogP) is 5.08. The van der Waals surface area contributed by atoms with Crippen LogP contribution in [-0.2, 0) is 32.6 Å². The van der Waals surface area contributed by atoms with E-state index in [1.165, 1.54) is 4.90 Å². The van der Waals surface area contributed by atoms with Crippen molar-refractivity contribution in [3.63, 3.8) is 0 Å². The molecule has 0 heterocycles. The molecule has 1 N–H and O–H groups in total. The van der Waals surface area contributed by atoms with Crippen LogP contribution >= 0.6 is 15.9 Å². The standard InChI is InChI=1S/C30H36BrN3O4S/c1-4-5-18-32-30(36)28(20-24-13-7-6-8-14-24)33(21-25-15-11-12-23(2)19-25)29(35)22-34(39(3,37)38)27-17-10-9-16-26(27)31/h6-17,19,28H,4-5,18,20-22H2,1-3H3,(H,32,36)/t28-/m1/s1. The second-order valence-electron chi connectivity index (χ2n) is 9.58. The summed E-state index contributed by atoms with van der Waals surface area (Å²) in [5.74, 6) is -0.732. The van der Waals surface area contributed by atoms with Gasteiger partial charge in [-0.15, -0.1) is 0 Å². The summed E-state index contributed by atoms with van der Waals surface area (Å²) >= 11 is 3.41. The third-order valence-corrected chi connectivity index (χ3v) is 8.13. The summed E-state index contributed by atoms with van der Waals surface area (Å²) in [5.41, 5.74) is 3.14. The van der Waals surface area contributed by atoms with E-state index in [0.717, 1.165) is 40.1 Å². The van der Waals surface area contributed by atoms with Crippen LogP contribution in [0.2, 0.25) is 0 Å². The molecular weight excluding hydrogens is 578 g/mol. The highest BCUT2D eigenvalue weighted by molar-refractivity contribution is 9.10. The van der Waals surface area contributed by atoms with Gasteiger partial charge in [0.15, 0.2) is 0 Å². The molecule has 9 heteroatoms. The summed E-state index contributed by atoms with van der Waals surface area (Å²) in [6.45, 7) is 4.22. The Morgan fingerprint density at radius 3 is 2.26 bits per heavy atom. The van der Waals surface area contributed by atoms with Crippen molar-refractivity contribution in [1.29, 1.82) is 0 Å². The number of halogens is 1. The van der Waals surface area contributed by atoms with E-state index in [2.05, 4.69) is 21.2 Å². The van der Waals surface area contributed by atoms with E-state index in [4.69, 9.17) is 0 Å². The van der Waals surface area contributed by atoms with Gasteiger partial charge in [-0.1, -0.05) is 85.6 Å². The molecule has 208 valence electrons. The summed E-state index contributed by atoms with van der Waals surface area (Å²) < 4.78 is 27.4. The number of sulfonamides is 1. The van der Waals surface area contributed by atoms with E-state index >= 15 is 0 Å². The van der Waals surface area contributed by atoms with Crippen LogP contribution in [0.25, 0.3) is 0 Å². The Morgan fingerprint density at radius 1 is 0.949 bits per heavy atom. The summed E-state index contributed by atoms with van der Waals surface area (Å²) in [6.07, 6.45) is 3.11. The number of rotatable bonds is 13. The molecule has 0 spiro atoms. The molecule has 0 aliphatic carbocycles. The van der Waals surface area contributed by atoms with Crippen LogP contribution in [-0.4, -0.2) is 50.5 Å². The zero-order valence-corrected chi connectivity index (χ0v) is 25.0. The SMILES string of the molecule is CCCCNC(=O)[C@@H](Cc1ccccc1)N(Cc1cccc(C)c1)C(=O)CN(c1ccccc1Br)S(C)(=O)=O. The molecule has 0 saturated carbocycles. The third-order valence-electron chi connectivity index (χ3n) is 6.34. The van der Waals surface area contributed by atoms with Gasteiger partial charge in [-0.05, 0) is 52.5 Å². The highest BCUT2D eigenvalue weighted by Crippen LogP contribution is 2.28. The average Bonchev–Trinajstić information content (AvgIpc) is 2.90. The lowest BCUT2D eigenvalue weighted by Gasteiger charge is -2.33. The molecule has 0 bridgehead atoms. The highest BCUT2D eigenvalue weighted by atomic mass is 79.9. The number of amides is 2. The smallest absolute Gasteiger partial charge is 0.244 e. The topological polar surface area (TPSA) is 86.8 Å². The molecule has 0 radical (unpaired) electrons. The van der Waals surface area contributed by atoms with Gasteiger partial charge in [0.1, 0.15) is 12.6 Å². The van der Waals surface area contributed by atoms with Gasteiger partial charge in [0.2, 0.25) is 21.8 Å². The molecule has 39 heavy (non-hydrogen) atoms. The molecular formula is C30H36BrN3O4S. The first kappa shape index (κ1) is 30.4. The van der Waals surface area contributed by atoms with Gasteiger partial charge < -0.3 is 10.2 Å².